The lowest BCUT2D eigenvalue weighted by Gasteiger charge is -2.46. The summed E-state index contributed by atoms with van der Waals surface area (Å²) in [7, 11) is 0. The highest BCUT2D eigenvalue weighted by atomic mass is 16.5. The van der Waals surface area contributed by atoms with Crippen LogP contribution in [0.4, 0.5) is 5.69 Å². The Bertz CT molecular complexity index is 1090. The molecule has 7 heteroatoms. The minimum Gasteiger partial charge on any atom is -0.487 e. The number of fused-ring (bicyclic) bond motifs is 1. The summed E-state index contributed by atoms with van der Waals surface area (Å²) < 4.78 is 6.53. The molecular formula is C28H34N4O3. The first kappa shape index (κ1) is 22.4. The number of benzene rings is 2. The summed E-state index contributed by atoms with van der Waals surface area (Å²) in [4.78, 5) is 30.7. The SMILES string of the molecule is O=C(CC1CC2(CCNCC2)Oc2ccccc21)N1CCC2(CC1)C(=O)NCN2c1ccccc1. The van der Waals surface area contributed by atoms with Crippen molar-refractivity contribution in [3.63, 3.8) is 0 Å². The molecule has 184 valence electrons. The second-order valence-corrected chi connectivity index (χ2v) is 10.5. The lowest BCUT2D eigenvalue weighted by atomic mass is 9.76. The number of likely N-dealkylation sites (tertiary alicyclic amines) is 1. The Kier molecular flexibility index (Phi) is 5.67. The smallest absolute Gasteiger partial charge is 0.247 e. The topological polar surface area (TPSA) is 73.9 Å². The molecular weight excluding hydrogens is 440 g/mol. The fourth-order valence-corrected chi connectivity index (χ4v) is 6.61. The lowest BCUT2D eigenvalue weighted by molar-refractivity contribution is -0.136. The summed E-state index contributed by atoms with van der Waals surface area (Å²) >= 11 is 0. The highest BCUT2D eigenvalue weighted by molar-refractivity contribution is 5.93. The van der Waals surface area contributed by atoms with E-state index in [1.807, 2.05) is 35.2 Å². The molecule has 0 aliphatic carbocycles. The molecule has 3 fully saturated rings. The number of nitrogens with zero attached hydrogens (tertiary/aromatic N) is 2. The van der Waals surface area contributed by atoms with Gasteiger partial charge in [-0.15, -0.1) is 0 Å². The van der Waals surface area contributed by atoms with Crippen LogP contribution in [-0.2, 0) is 9.59 Å². The van der Waals surface area contributed by atoms with Crippen LogP contribution in [0, 0.1) is 0 Å². The molecule has 4 aliphatic heterocycles. The van der Waals surface area contributed by atoms with E-state index >= 15 is 0 Å². The molecule has 35 heavy (non-hydrogen) atoms. The van der Waals surface area contributed by atoms with Crippen molar-refractivity contribution in [3.05, 3.63) is 60.2 Å². The number of carbonyl (C=O) groups is 2. The van der Waals surface area contributed by atoms with Crippen LogP contribution in [-0.4, -0.2) is 60.7 Å². The summed E-state index contributed by atoms with van der Waals surface area (Å²) in [6.45, 7) is 3.64. The molecule has 1 unspecified atom stereocenters. The van der Waals surface area contributed by atoms with E-state index in [-0.39, 0.29) is 23.3 Å². The van der Waals surface area contributed by atoms with Crippen molar-refractivity contribution in [2.24, 2.45) is 0 Å². The Morgan fingerprint density at radius 2 is 1.69 bits per heavy atom. The predicted octanol–water partition coefficient (Wildman–Crippen LogP) is 3.02. The molecule has 2 spiro atoms. The van der Waals surface area contributed by atoms with Gasteiger partial charge in [-0.25, -0.2) is 0 Å². The van der Waals surface area contributed by atoms with Crippen molar-refractivity contribution in [2.45, 2.75) is 55.6 Å². The number of amides is 2. The lowest BCUT2D eigenvalue weighted by Crippen LogP contribution is -2.57. The van der Waals surface area contributed by atoms with Crippen LogP contribution in [0.5, 0.6) is 5.75 Å². The molecule has 4 heterocycles. The minimum atomic E-state index is -0.567. The molecule has 0 saturated carbocycles. The fraction of sp³-hybridized carbons (Fsp3) is 0.500. The molecule has 0 aromatic heterocycles. The van der Waals surface area contributed by atoms with Crippen molar-refractivity contribution in [2.75, 3.05) is 37.7 Å². The normalized spacial score (nSPS) is 24.7. The fourth-order valence-electron chi connectivity index (χ4n) is 6.61. The summed E-state index contributed by atoms with van der Waals surface area (Å²) in [6.07, 6.45) is 4.64. The van der Waals surface area contributed by atoms with Crippen LogP contribution in [0.25, 0.3) is 0 Å². The molecule has 2 aromatic rings. The third-order valence-electron chi connectivity index (χ3n) is 8.59. The Morgan fingerprint density at radius 3 is 2.46 bits per heavy atom. The second-order valence-electron chi connectivity index (χ2n) is 10.5. The quantitative estimate of drug-likeness (QED) is 0.716. The van der Waals surface area contributed by atoms with Crippen molar-refractivity contribution < 1.29 is 14.3 Å². The number of piperidine rings is 2. The average Bonchev–Trinajstić information content (AvgIpc) is 3.20. The highest BCUT2D eigenvalue weighted by Crippen LogP contribution is 2.46. The van der Waals surface area contributed by atoms with Crippen LogP contribution >= 0.6 is 0 Å². The van der Waals surface area contributed by atoms with E-state index in [4.69, 9.17) is 4.74 Å². The van der Waals surface area contributed by atoms with Gasteiger partial charge in [0.2, 0.25) is 11.8 Å². The van der Waals surface area contributed by atoms with E-state index < -0.39 is 5.54 Å². The molecule has 6 rings (SSSR count). The molecule has 7 nitrogen and oxygen atoms in total. The first-order valence-corrected chi connectivity index (χ1v) is 13.0. The van der Waals surface area contributed by atoms with E-state index in [1.165, 1.54) is 0 Å². The van der Waals surface area contributed by atoms with Gasteiger partial charge in [-0.2, -0.15) is 0 Å². The van der Waals surface area contributed by atoms with Crippen LogP contribution in [0.3, 0.4) is 0 Å². The van der Waals surface area contributed by atoms with Gasteiger partial charge < -0.3 is 25.2 Å². The Hall–Kier alpha value is -3.06. The standard InChI is InChI=1S/C28H34N4O3/c33-25(18-21-19-27(10-14-29-15-11-27)35-24-9-5-4-8-23(21)24)31-16-12-28(13-17-31)26(34)30-20-32(28)22-6-2-1-3-7-22/h1-9,21,29H,10-20H2,(H,30,34). The summed E-state index contributed by atoms with van der Waals surface area (Å²) in [5.74, 6) is 1.38. The van der Waals surface area contributed by atoms with E-state index in [0.717, 1.165) is 49.4 Å². The summed E-state index contributed by atoms with van der Waals surface area (Å²) in [6, 6.07) is 18.3. The molecule has 4 aliphatic rings. The molecule has 2 N–H and O–H groups in total. The van der Waals surface area contributed by atoms with E-state index in [0.29, 0.717) is 39.0 Å². The van der Waals surface area contributed by atoms with Gasteiger partial charge >= 0.3 is 0 Å². The van der Waals surface area contributed by atoms with Gasteiger partial charge in [-0.3, -0.25) is 9.59 Å². The van der Waals surface area contributed by atoms with E-state index in [9.17, 15) is 9.59 Å². The molecule has 2 amide bonds. The van der Waals surface area contributed by atoms with E-state index in [2.05, 4.69) is 39.8 Å². The zero-order valence-electron chi connectivity index (χ0n) is 20.2. The molecule has 0 bridgehead atoms. The maximum atomic E-state index is 13.5. The third-order valence-corrected chi connectivity index (χ3v) is 8.59. The number of rotatable bonds is 3. The Balaban J connectivity index is 1.16. The number of carbonyl (C=O) groups excluding carboxylic acids is 2. The number of nitrogens with one attached hydrogen (secondary N) is 2. The maximum Gasteiger partial charge on any atom is 0.247 e. The number of hydrogen-bond donors (Lipinski definition) is 2. The zero-order valence-corrected chi connectivity index (χ0v) is 20.2. The molecule has 1 atom stereocenters. The zero-order chi connectivity index (χ0) is 23.9. The predicted molar refractivity (Wildman–Crippen MR) is 134 cm³/mol. The van der Waals surface area contributed by atoms with Crippen molar-refractivity contribution in [1.29, 1.82) is 0 Å². The van der Waals surface area contributed by atoms with Gasteiger partial charge in [0, 0.05) is 31.1 Å². The van der Waals surface area contributed by atoms with Gasteiger partial charge in [0.25, 0.3) is 0 Å². The highest BCUT2D eigenvalue weighted by Gasteiger charge is 2.51. The molecule has 3 saturated heterocycles. The van der Waals surface area contributed by atoms with Crippen molar-refractivity contribution in [1.82, 2.24) is 15.5 Å². The van der Waals surface area contributed by atoms with Gasteiger partial charge in [0.1, 0.15) is 16.9 Å². The largest absolute Gasteiger partial charge is 0.487 e. The van der Waals surface area contributed by atoms with Gasteiger partial charge in [0.15, 0.2) is 0 Å². The second kappa shape index (κ2) is 8.86. The average molecular weight is 475 g/mol. The maximum absolute atomic E-state index is 13.5. The number of hydrogen-bond acceptors (Lipinski definition) is 5. The monoisotopic (exact) mass is 474 g/mol. The van der Waals surface area contributed by atoms with Gasteiger partial charge in [0.05, 0.1) is 6.67 Å². The van der Waals surface area contributed by atoms with Gasteiger partial charge in [-0.1, -0.05) is 36.4 Å². The first-order valence-electron chi connectivity index (χ1n) is 13.0. The Morgan fingerprint density at radius 1 is 0.971 bits per heavy atom. The number of para-hydroxylation sites is 2. The minimum absolute atomic E-state index is 0.0830. The van der Waals surface area contributed by atoms with Gasteiger partial charge in [-0.05, 0) is 69.0 Å². The van der Waals surface area contributed by atoms with Crippen LogP contribution in [0.15, 0.2) is 54.6 Å². The third kappa shape index (κ3) is 3.96. The van der Waals surface area contributed by atoms with Crippen molar-refractivity contribution >= 4 is 17.5 Å². The van der Waals surface area contributed by atoms with Crippen LogP contribution in [0.1, 0.15) is 50.0 Å². The van der Waals surface area contributed by atoms with E-state index in [1.54, 1.807) is 0 Å². The number of anilines is 1. The number of ether oxygens (including phenoxy) is 1. The van der Waals surface area contributed by atoms with Crippen LogP contribution in [0.2, 0.25) is 0 Å². The molecule has 2 aromatic carbocycles. The first-order chi connectivity index (χ1) is 17.1. The summed E-state index contributed by atoms with van der Waals surface area (Å²) in [5, 5.41) is 6.49. The molecule has 0 radical (unpaired) electrons. The summed E-state index contributed by atoms with van der Waals surface area (Å²) in [5.41, 5.74) is 1.47. The Labute approximate surface area is 206 Å². The van der Waals surface area contributed by atoms with Crippen molar-refractivity contribution in [3.8, 4) is 5.75 Å². The van der Waals surface area contributed by atoms with Crippen LogP contribution < -0.4 is 20.3 Å².